The number of nitrogens with zero attached hydrogens (tertiary/aromatic N) is 1. The van der Waals surface area contributed by atoms with E-state index in [9.17, 15) is 10.1 Å². The Morgan fingerprint density at radius 1 is 1.35 bits per heavy atom. The van der Waals surface area contributed by atoms with Gasteiger partial charge in [-0.3, -0.25) is 10.1 Å². The molecule has 0 aliphatic rings. The normalized spacial score (nSPS) is 10.1. The second-order valence-electron chi connectivity index (χ2n) is 3.32. The number of thiophene rings is 1. The van der Waals surface area contributed by atoms with Crippen LogP contribution >= 0.6 is 11.3 Å². The average molecular weight is 250 g/mol. The number of hydrogen-bond donors (Lipinski definition) is 1. The molecule has 2 N–H and O–H groups in total. The van der Waals surface area contributed by atoms with Gasteiger partial charge < -0.3 is 10.5 Å². The third-order valence-electron chi connectivity index (χ3n) is 2.16. The Hall–Kier alpha value is -2.08. The molecular formula is C11H10N2O3S. The fourth-order valence-electron chi connectivity index (χ4n) is 1.39. The van der Waals surface area contributed by atoms with Crippen LogP contribution in [0.3, 0.4) is 0 Å². The molecule has 0 fully saturated rings. The van der Waals surface area contributed by atoms with E-state index in [1.165, 1.54) is 17.4 Å². The predicted molar refractivity (Wildman–Crippen MR) is 66.2 cm³/mol. The van der Waals surface area contributed by atoms with Crippen molar-refractivity contribution in [2.75, 3.05) is 5.73 Å². The van der Waals surface area contributed by atoms with Crippen molar-refractivity contribution in [1.82, 2.24) is 0 Å². The van der Waals surface area contributed by atoms with Crippen LogP contribution in [0.4, 0.5) is 11.4 Å². The summed E-state index contributed by atoms with van der Waals surface area (Å²) < 4.78 is 5.41. The van der Waals surface area contributed by atoms with E-state index in [4.69, 9.17) is 10.5 Å². The lowest BCUT2D eigenvalue weighted by molar-refractivity contribution is -0.385. The molecular weight excluding hydrogens is 240 g/mol. The van der Waals surface area contributed by atoms with E-state index in [2.05, 4.69) is 0 Å². The predicted octanol–water partition coefficient (Wildman–Crippen LogP) is 2.82. The monoisotopic (exact) mass is 250 g/mol. The minimum atomic E-state index is -0.529. The molecule has 1 heterocycles. The van der Waals surface area contributed by atoms with Crippen molar-refractivity contribution in [3.8, 4) is 5.75 Å². The molecule has 2 aromatic rings. The highest BCUT2D eigenvalue weighted by molar-refractivity contribution is 7.09. The molecule has 0 saturated heterocycles. The number of hydrogen-bond acceptors (Lipinski definition) is 5. The summed E-state index contributed by atoms with van der Waals surface area (Å²) in [6.45, 7) is 0.308. The first kappa shape index (κ1) is 11.4. The average Bonchev–Trinajstić information content (AvgIpc) is 2.78. The Kier molecular flexibility index (Phi) is 3.24. The lowest BCUT2D eigenvalue weighted by Crippen LogP contribution is -2.01. The Morgan fingerprint density at radius 3 is 2.82 bits per heavy atom. The Balaban J connectivity index is 2.21. The minimum absolute atomic E-state index is 0.110. The van der Waals surface area contributed by atoms with Crippen molar-refractivity contribution >= 4 is 22.7 Å². The van der Waals surface area contributed by atoms with E-state index in [1.54, 1.807) is 12.1 Å². The zero-order valence-electron chi connectivity index (χ0n) is 8.83. The molecule has 88 valence electrons. The number of para-hydroxylation sites is 1. The van der Waals surface area contributed by atoms with Crippen LogP contribution in [0.15, 0.2) is 35.7 Å². The second-order valence-corrected chi connectivity index (χ2v) is 4.35. The molecule has 0 bridgehead atoms. The molecule has 2 rings (SSSR count). The van der Waals surface area contributed by atoms with Crippen molar-refractivity contribution in [2.45, 2.75) is 6.61 Å². The van der Waals surface area contributed by atoms with Gasteiger partial charge in [0.2, 0.25) is 0 Å². The van der Waals surface area contributed by atoms with Gasteiger partial charge in [-0.25, -0.2) is 0 Å². The van der Waals surface area contributed by atoms with E-state index >= 15 is 0 Å². The lowest BCUT2D eigenvalue weighted by Gasteiger charge is -2.06. The summed E-state index contributed by atoms with van der Waals surface area (Å²) in [6, 6.07) is 8.46. The van der Waals surface area contributed by atoms with Crippen LogP contribution in [0.1, 0.15) is 4.88 Å². The van der Waals surface area contributed by atoms with E-state index < -0.39 is 4.92 Å². The molecule has 0 atom stereocenters. The second kappa shape index (κ2) is 4.84. The Morgan fingerprint density at radius 2 is 2.18 bits per heavy atom. The summed E-state index contributed by atoms with van der Waals surface area (Å²) >= 11 is 1.53. The van der Waals surface area contributed by atoms with Gasteiger partial charge in [-0.2, -0.15) is 0 Å². The zero-order chi connectivity index (χ0) is 12.3. The van der Waals surface area contributed by atoms with Crippen LogP contribution < -0.4 is 10.5 Å². The summed E-state index contributed by atoms with van der Waals surface area (Å²) in [5.74, 6) is 0.198. The summed E-state index contributed by atoms with van der Waals surface area (Å²) in [6.07, 6.45) is 0. The smallest absolute Gasteiger partial charge is 0.333 e. The van der Waals surface area contributed by atoms with Crippen molar-refractivity contribution < 1.29 is 9.66 Å². The first-order valence-electron chi connectivity index (χ1n) is 4.86. The van der Waals surface area contributed by atoms with Crippen LogP contribution in [0, 0.1) is 10.1 Å². The number of ether oxygens (including phenoxy) is 1. The minimum Gasteiger partial charge on any atom is -0.481 e. The molecule has 6 heteroatoms. The Labute approximate surface area is 102 Å². The van der Waals surface area contributed by atoms with Crippen molar-refractivity contribution in [3.63, 3.8) is 0 Å². The molecule has 0 aliphatic carbocycles. The fraction of sp³-hybridized carbons (Fsp3) is 0.0909. The molecule has 1 aromatic carbocycles. The summed E-state index contributed by atoms with van der Waals surface area (Å²) in [7, 11) is 0. The molecule has 1 aromatic heterocycles. The number of nitro benzene ring substituents is 1. The zero-order valence-corrected chi connectivity index (χ0v) is 9.65. The van der Waals surface area contributed by atoms with Gasteiger partial charge in [0.15, 0.2) is 5.75 Å². The van der Waals surface area contributed by atoms with Crippen LogP contribution in [0.2, 0.25) is 0 Å². The highest BCUT2D eigenvalue weighted by atomic mass is 32.1. The lowest BCUT2D eigenvalue weighted by atomic mass is 10.2. The third-order valence-corrected chi connectivity index (χ3v) is 3.01. The van der Waals surface area contributed by atoms with Crippen LogP contribution in [0.25, 0.3) is 0 Å². The van der Waals surface area contributed by atoms with Gasteiger partial charge in [-0.1, -0.05) is 12.1 Å². The standard InChI is InChI=1S/C11H10N2O3S/c12-9-4-1-5-10(11(9)13(14)15)16-7-8-3-2-6-17-8/h1-6H,7,12H2. The van der Waals surface area contributed by atoms with Crippen LogP contribution in [-0.4, -0.2) is 4.92 Å². The molecule has 0 unspecified atom stereocenters. The Bertz CT molecular complexity index is 526. The number of benzene rings is 1. The first-order valence-corrected chi connectivity index (χ1v) is 5.74. The third kappa shape index (κ3) is 2.54. The van der Waals surface area contributed by atoms with Gasteiger partial charge in [0.25, 0.3) is 0 Å². The number of rotatable bonds is 4. The topological polar surface area (TPSA) is 78.4 Å². The fourth-order valence-corrected chi connectivity index (χ4v) is 2.01. The van der Waals surface area contributed by atoms with Gasteiger partial charge in [0, 0.05) is 4.88 Å². The van der Waals surface area contributed by atoms with Gasteiger partial charge in [0.05, 0.1) is 4.92 Å². The highest BCUT2D eigenvalue weighted by Crippen LogP contribution is 2.33. The number of nitro groups is 1. The highest BCUT2D eigenvalue weighted by Gasteiger charge is 2.18. The van der Waals surface area contributed by atoms with Gasteiger partial charge in [0.1, 0.15) is 12.3 Å². The van der Waals surface area contributed by atoms with Crippen LogP contribution in [0.5, 0.6) is 5.75 Å². The van der Waals surface area contributed by atoms with Gasteiger partial charge in [-0.15, -0.1) is 11.3 Å². The summed E-state index contributed by atoms with van der Waals surface area (Å²) in [5, 5.41) is 12.8. The molecule has 0 amide bonds. The molecule has 0 radical (unpaired) electrons. The first-order chi connectivity index (χ1) is 8.18. The molecule has 5 nitrogen and oxygen atoms in total. The summed E-state index contributed by atoms with van der Waals surface area (Å²) in [5.41, 5.74) is 5.49. The van der Waals surface area contributed by atoms with Crippen molar-refractivity contribution in [1.29, 1.82) is 0 Å². The van der Waals surface area contributed by atoms with Crippen molar-refractivity contribution in [2.24, 2.45) is 0 Å². The number of nitrogens with two attached hydrogens (primary N) is 1. The van der Waals surface area contributed by atoms with Gasteiger partial charge in [-0.05, 0) is 23.6 Å². The molecule has 0 saturated carbocycles. The summed E-state index contributed by atoms with van der Waals surface area (Å²) in [4.78, 5) is 11.3. The number of anilines is 1. The van der Waals surface area contributed by atoms with E-state index in [0.717, 1.165) is 4.88 Å². The van der Waals surface area contributed by atoms with Gasteiger partial charge >= 0.3 is 5.69 Å². The number of nitrogen functional groups attached to an aromatic ring is 1. The maximum atomic E-state index is 10.9. The van der Waals surface area contributed by atoms with E-state index in [0.29, 0.717) is 6.61 Å². The van der Waals surface area contributed by atoms with Crippen LogP contribution in [-0.2, 0) is 6.61 Å². The maximum absolute atomic E-state index is 10.9. The SMILES string of the molecule is Nc1cccc(OCc2cccs2)c1[N+](=O)[O-]. The quantitative estimate of drug-likeness (QED) is 0.514. The van der Waals surface area contributed by atoms with E-state index in [1.807, 2.05) is 17.5 Å². The molecule has 17 heavy (non-hydrogen) atoms. The molecule has 0 spiro atoms. The van der Waals surface area contributed by atoms with Crippen molar-refractivity contribution in [3.05, 3.63) is 50.7 Å². The largest absolute Gasteiger partial charge is 0.481 e. The maximum Gasteiger partial charge on any atom is 0.333 e. The molecule has 0 aliphatic heterocycles. The van der Waals surface area contributed by atoms with E-state index in [-0.39, 0.29) is 17.1 Å².